The fraction of sp³-hybridized carbons (Fsp3) is 0.750. The van der Waals surface area contributed by atoms with E-state index in [-0.39, 0.29) is 5.91 Å². The van der Waals surface area contributed by atoms with Crippen molar-refractivity contribution in [2.45, 2.75) is 25.8 Å². The van der Waals surface area contributed by atoms with Gasteiger partial charge in [0, 0.05) is 13.1 Å². The van der Waals surface area contributed by atoms with E-state index in [9.17, 15) is 4.79 Å². The summed E-state index contributed by atoms with van der Waals surface area (Å²) in [6, 6.07) is -0.403. The van der Waals surface area contributed by atoms with Crippen LogP contribution in [0.2, 0.25) is 0 Å². The zero-order chi connectivity index (χ0) is 9.84. The Bertz CT molecular complexity index is 226. The van der Waals surface area contributed by atoms with Crippen molar-refractivity contribution in [3.05, 3.63) is 0 Å². The van der Waals surface area contributed by atoms with Crippen molar-refractivity contribution in [1.29, 1.82) is 0 Å². The average molecular weight is 184 g/mol. The van der Waals surface area contributed by atoms with Crippen molar-refractivity contribution >= 4 is 11.9 Å². The van der Waals surface area contributed by atoms with Gasteiger partial charge in [-0.2, -0.15) is 0 Å². The van der Waals surface area contributed by atoms with Gasteiger partial charge in [-0.3, -0.25) is 14.7 Å². The molecule has 0 aliphatic carbocycles. The second kappa shape index (κ2) is 4.23. The van der Waals surface area contributed by atoms with Crippen LogP contribution in [-0.4, -0.2) is 35.9 Å². The van der Waals surface area contributed by atoms with Crippen LogP contribution in [0.15, 0.2) is 4.99 Å². The van der Waals surface area contributed by atoms with E-state index < -0.39 is 6.04 Å². The molecule has 1 unspecified atom stereocenters. The Hall–Kier alpha value is -1.10. The largest absolute Gasteiger partial charge is 0.369 e. The monoisotopic (exact) mass is 184 g/mol. The summed E-state index contributed by atoms with van der Waals surface area (Å²) in [6.45, 7) is 3.11. The van der Waals surface area contributed by atoms with E-state index >= 15 is 0 Å². The Morgan fingerprint density at radius 1 is 1.77 bits per heavy atom. The number of rotatable bonds is 1. The second-order valence-corrected chi connectivity index (χ2v) is 3.07. The highest BCUT2D eigenvalue weighted by Gasteiger charge is 2.27. The molecule has 5 heteroatoms. The fourth-order valence-electron chi connectivity index (χ4n) is 1.38. The van der Waals surface area contributed by atoms with E-state index in [1.54, 1.807) is 0 Å². The van der Waals surface area contributed by atoms with Gasteiger partial charge < -0.3 is 11.5 Å². The molecule has 1 aliphatic heterocycles. The number of piperidine rings is 1. The third kappa shape index (κ3) is 2.18. The van der Waals surface area contributed by atoms with Crippen LogP contribution in [-0.2, 0) is 4.79 Å². The molecule has 0 bridgehead atoms. The van der Waals surface area contributed by atoms with Crippen LogP contribution in [0.3, 0.4) is 0 Å². The first kappa shape index (κ1) is 9.98. The van der Waals surface area contributed by atoms with Crippen LogP contribution in [0, 0.1) is 0 Å². The molecule has 1 fully saturated rings. The van der Waals surface area contributed by atoms with Gasteiger partial charge in [0.1, 0.15) is 0 Å². The summed E-state index contributed by atoms with van der Waals surface area (Å²) in [5, 5.41) is 0. The van der Waals surface area contributed by atoms with Crippen LogP contribution in [0.1, 0.15) is 19.8 Å². The summed E-state index contributed by atoms with van der Waals surface area (Å²) in [5.41, 5.74) is 11.2. The molecule has 4 N–H and O–H groups in total. The molecule has 0 spiro atoms. The van der Waals surface area contributed by atoms with Crippen molar-refractivity contribution in [1.82, 2.24) is 4.90 Å². The lowest BCUT2D eigenvalue weighted by molar-refractivity contribution is -0.130. The smallest absolute Gasteiger partial charge is 0.246 e. The summed E-state index contributed by atoms with van der Waals surface area (Å²) in [4.78, 5) is 16.9. The minimum absolute atomic E-state index is 0.110. The lowest BCUT2D eigenvalue weighted by atomic mass is 10.1. The SMILES string of the molecule is CCN=C(N)N1CCCC(N)C1=O. The van der Waals surface area contributed by atoms with Crippen molar-refractivity contribution < 1.29 is 4.79 Å². The minimum atomic E-state index is -0.403. The van der Waals surface area contributed by atoms with Gasteiger partial charge in [-0.25, -0.2) is 0 Å². The molecule has 1 aliphatic rings. The number of aliphatic imine (C=N–C) groups is 1. The van der Waals surface area contributed by atoms with E-state index in [2.05, 4.69) is 4.99 Å². The normalized spacial score (nSPS) is 25.1. The van der Waals surface area contributed by atoms with Crippen LogP contribution in [0.4, 0.5) is 0 Å². The van der Waals surface area contributed by atoms with Crippen molar-refractivity contribution in [3.63, 3.8) is 0 Å². The van der Waals surface area contributed by atoms with Crippen LogP contribution < -0.4 is 11.5 Å². The first-order valence-corrected chi connectivity index (χ1v) is 4.53. The topological polar surface area (TPSA) is 84.7 Å². The maximum Gasteiger partial charge on any atom is 0.246 e. The molecule has 1 atom stereocenters. The minimum Gasteiger partial charge on any atom is -0.369 e. The van der Waals surface area contributed by atoms with Gasteiger partial charge in [0.25, 0.3) is 0 Å². The number of nitrogens with zero attached hydrogens (tertiary/aromatic N) is 2. The van der Waals surface area contributed by atoms with E-state index in [0.29, 0.717) is 19.0 Å². The Morgan fingerprint density at radius 2 is 2.46 bits per heavy atom. The van der Waals surface area contributed by atoms with Crippen LogP contribution in [0.5, 0.6) is 0 Å². The zero-order valence-corrected chi connectivity index (χ0v) is 7.86. The Kier molecular flexibility index (Phi) is 3.25. The maximum atomic E-state index is 11.5. The van der Waals surface area contributed by atoms with Crippen molar-refractivity contribution in [2.24, 2.45) is 16.5 Å². The molecule has 1 amide bonds. The quantitative estimate of drug-likeness (QED) is 0.416. The van der Waals surface area contributed by atoms with E-state index in [4.69, 9.17) is 11.5 Å². The Morgan fingerprint density at radius 3 is 3.08 bits per heavy atom. The van der Waals surface area contributed by atoms with Gasteiger partial charge in [-0.15, -0.1) is 0 Å². The highest BCUT2D eigenvalue weighted by molar-refractivity contribution is 5.99. The fourth-order valence-corrected chi connectivity index (χ4v) is 1.38. The number of guanidine groups is 1. The molecule has 0 aromatic heterocycles. The highest BCUT2D eigenvalue weighted by Crippen LogP contribution is 2.09. The van der Waals surface area contributed by atoms with E-state index in [1.165, 1.54) is 4.90 Å². The zero-order valence-electron chi connectivity index (χ0n) is 7.86. The molecule has 1 rings (SSSR count). The molecule has 13 heavy (non-hydrogen) atoms. The predicted molar refractivity (Wildman–Crippen MR) is 51.1 cm³/mol. The number of carbonyl (C=O) groups is 1. The summed E-state index contributed by atoms with van der Waals surface area (Å²) in [6.07, 6.45) is 1.64. The molecule has 74 valence electrons. The average Bonchev–Trinajstić information content (AvgIpc) is 2.10. The molecule has 1 saturated heterocycles. The first-order valence-electron chi connectivity index (χ1n) is 4.53. The predicted octanol–water partition coefficient (Wildman–Crippen LogP) is -0.729. The van der Waals surface area contributed by atoms with E-state index in [0.717, 1.165) is 12.8 Å². The molecule has 0 saturated carbocycles. The number of hydrogen-bond donors (Lipinski definition) is 2. The third-order valence-electron chi connectivity index (χ3n) is 2.08. The molecule has 5 nitrogen and oxygen atoms in total. The number of hydrogen-bond acceptors (Lipinski definition) is 3. The molecule has 0 radical (unpaired) electrons. The number of carbonyl (C=O) groups excluding carboxylic acids is 1. The van der Waals surface area contributed by atoms with Gasteiger partial charge >= 0.3 is 0 Å². The van der Waals surface area contributed by atoms with Crippen LogP contribution in [0.25, 0.3) is 0 Å². The summed E-state index contributed by atoms with van der Waals surface area (Å²) >= 11 is 0. The Balaban J connectivity index is 2.68. The molecule has 0 aromatic carbocycles. The maximum absolute atomic E-state index is 11.5. The summed E-state index contributed by atoms with van der Waals surface area (Å²) in [7, 11) is 0. The standard InChI is InChI=1S/C8H16N4O/c1-2-11-8(10)12-5-3-4-6(9)7(12)13/h6H,2-5,9H2,1H3,(H2,10,11). The van der Waals surface area contributed by atoms with Gasteiger partial charge in [-0.1, -0.05) is 0 Å². The highest BCUT2D eigenvalue weighted by atomic mass is 16.2. The van der Waals surface area contributed by atoms with Gasteiger partial charge in [-0.05, 0) is 19.8 Å². The van der Waals surface area contributed by atoms with Crippen LogP contribution >= 0.6 is 0 Å². The van der Waals surface area contributed by atoms with E-state index in [1.807, 2.05) is 6.92 Å². The lowest BCUT2D eigenvalue weighted by Crippen LogP contribution is -2.53. The molecular weight excluding hydrogens is 168 g/mol. The molecule has 1 heterocycles. The number of nitrogens with two attached hydrogens (primary N) is 2. The summed E-state index contributed by atoms with van der Waals surface area (Å²) < 4.78 is 0. The van der Waals surface area contributed by atoms with Crippen molar-refractivity contribution in [2.75, 3.05) is 13.1 Å². The first-order chi connectivity index (χ1) is 6.16. The summed E-state index contributed by atoms with van der Waals surface area (Å²) in [5.74, 6) is 0.184. The molecular formula is C8H16N4O. The number of amides is 1. The third-order valence-corrected chi connectivity index (χ3v) is 2.08. The van der Waals surface area contributed by atoms with Gasteiger partial charge in [0.05, 0.1) is 6.04 Å². The number of likely N-dealkylation sites (tertiary alicyclic amines) is 1. The lowest BCUT2D eigenvalue weighted by Gasteiger charge is -2.29. The Labute approximate surface area is 77.8 Å². The van der Waals surface area contributed by atoms with Crippen molar-refractivity contribution in [3.8, 4) is 0 Å². The van der Waals surface area contributed by atoms with Gasteiger partial charge in [0.15, 0.2) is 5.96 Å². The molecule has 0 aromatic rings. The second-order valence-electron chi connectivity index (χ2n) is 3.07. The van der Waals surface area contributed by atoms with Gasteiger partial charge in [0.2, 0.25) is 5.91 Å².